The molecule has 3 aromatic rings. The van der Waals surface area contributed by atoms with Crippen molar-refractivity contribution in [1.82, 2.24) is 0 Å². The summed E-state index contributed by atoms with van der Waals surface area (Å²) in [6.45, 7) is 2.91. The van der Waals surface area contributed by atoms with Crippen LogP contribution in [0.3, 0.4) is 0 Å². The molecule has 0 saturated carbocycles. The summed E-state index contributed by atoms with van der Waals surface area (Å²) in [4.78, 5) is 0. The molecule has 152 valence electrons. The van der Waals surface area contributed by atoms with Crippen LogP contribution in [-0.2, 0) is 6.61 Å². The van der Waals surface area contributed by atoms with Crippen LogP contribution >= 0.6 is 54.5 Å². The van der Waals surface area contributed by atoms with E-state index in [0.717, 1.165) is 29.2 Å². The zero-order valence-electron chi connectivity index (χ0n) is 16.2. The summed E-state index contributed by atoms with van der Waals surface area (Å²) < 4.78 is 14.9. The Morgan fingerprint density at radius 3 is 2.23 bits per heavy atom. The second-order valence-corrected chi connectivity index (χ2v) is 9.35. The fraction of sp³-hybridized carbons (Fsp3) is 0.125. The van der Waals surface area contributed by atoms with Gasteiger partial charge in [0.25, 0.3) is 0 Å². The van der Waals surface area contributed by atoms with Crippen molar-refractivity contribution in [2.24, 2.45) is 0 Å². The molecule has 3 aromatic carbocycles. The Labute approximate surface area is 207 Å². The molecule has 0 fully saturated rings. The van der Waals surface area contributed by atoms with Crippen LogP contribution in [0.4, 0.5) is 0 Å². The van der Waals surface area contributed by atoms with Crippen molar-refractivity contribution >= 4 is 66.1 Å². The van der Waals surface area contributed by atoms with Gasteiger partial charge in [-0.3, -0.25) is 0 Å². The van der Waals surface area contributed by atoms with Gasteiger partial charge in [-0.2, -0.15) is 5.26 Å². The van der Waals surface area contributed by atoms with Crippen molar-refractivity contribution < 1.29 is 9.47 Å². The Kier molecular flexibility index (Phi) is 8.37. The highest BCUT2D eigenvalue weighted by molar-refractivity contribution is 14.1. The second kappa shape index (κ2) is 11.0. The summed E-state index contributed by atoms with van der Waals surface area (Å²) in [5, 5.41) is 9.65. The van der Waals surface area contributed by atoms with Gasteiger partial charge < -0.3 is 9.47 Å². The number of hydrogen-bond acceptors (Lipinski definition) is 3. The molecular formula is C24H18Br2INO2. The molecule has 30 heavy (non-hydrogen) atoms. The van der Waals surface area contributed by atoms with E-state index in [2.05, 4.69) is 60.5 Å². The van der Waals surface area contributed by atoms with Crippen molar-refractivity contribution in [1.29, 1.82) is 5.26 Å². The van der Waals surface area contributed by atoms with Crippen LogP contribution in [0.5, 0.6) is 11.5 Å². The molecule has 0 aliphatic rings. The molecule has 0 aliphatic heterocycles. The molecule has 0 heterocycles. The first-order valence-corrected chi connectivity index (χ1v) is 11.9. The number of ether oxygens (including phenoxy) is 2. The van der Waals surface area contributed by atoms with Crippen molar-refractivity contribution in [2.75, 3.05) is 6.61 Å². The summed E-state index contributed by atoms with van der Waals surface area (Å²) in [5.74, 6) is 1.38. The van der Waals surface area contributed by atoms with Crippen LogP contribution in [0.1, 0.15) is 23.6 Å². The lowest BCUT2D eigenvalue weighted by molar-refractivity contribution is 0.267. The van der Waals surface area contributed by atoms with E-state index in [4.69, 9.17) is 9.47 Å². The minimum Gasteiger partial charge on any atom is -0.490 e. The van der Waals surface area contributed by atoms with E-state index in [-0.39, 0.29) is 0 Å². The normalized spacial score (nSPS) is 11.1. The first-order chi connectivity index (χ1) is 14.5. The fourth-order valence-corrected chi connectivity index (χ4v) is 4.10. The van der Waals surface area contributed by atoms with Crippen LogP contribution in [-0.4, -0.2) is 6.61 Å². The Hall–Kier alpha value is -1.82. The molecular weight excluding hydrogens is 621 g/mol. The topological polar surface area (TPSA) is 42.2 Å². The summed E-state index contributed by atoms with van der Waals surface area (Å²) in [7, 11) is 0. The number of allylic oxidation sites excluding steroid dienone is 1. The number of halogens is 3. The van der Waals surface area contributed by atoms with E-state index in [0.29, 0.717) is 30.3 Å². The molecule has 0 saturated heterocycles. The number of nitriles is 1. The van der Waals surface area contributed by atoms with Gasteiger partial charge in [-0.15, -0.1) is 0 Å². The van der Waals surface area contributed by atoms with Gasteiger partial charge in [-0.1, -0.05) is 56.1 Å². The van der Waals surface area contributed by atoms with Crippen molar-refractivity contribution in [2.45, 2.75) is 13.5 Å². The van der Waals surface area contributed by atoms with E-state index in [9.17, 15) is 5.26 Å². The second-order valence-electron chi connectivity index (χ2n) is 6.35. The van der Waals surface area contributed by atoms with E-state index in [1.54, 1.807) is 0 Å². The Bertz CT molecular complexity index is 1090. The van der Waals surface area contributed by atoms with Crippen LogP contribution in [0.15, 0.2) is 69.6 Å². The lowest BCUT2D eigenvalue weighted by atomic mass is 10.0. The summed E-state index contributed by atoms with van der Waals surface area (Å²) in [6, 6.07) is 21.9. The van der Waals surface area contributed by atoms with Crippen LogP contribution in [0, 0.1) is 14.9 Å². The number of rotatable bonds is 7. The monoisotopic (exact) mass is 637 g/mol. The van der Waals surface area contributed by atoms with E-state index in [1.165, 1.54) is 0 Å². The Morgan fingerprint density at radius 1 is 1.00 bits per heavy atom. The van der Waals surface area contributed by atoms with Crippen LogP contribution in [0.2, 0.25) is 0 Å². The first kappa shape index (κ1) is 22.9. The summed E-state index contributed by atoms with van der Waals surface area (Å²) in [6.07, 6.45) is 1.87. The van der Waals surface area contributed by atoms with Gasteiger partial charge in [-0.25, -0.2) is 0 Å². The van der Waals surface area contributed by atoms with Crippen molar-refractivity contribution in [3.63, 3.8) is 0 Å². The minimum absolute atomic E-state index is 0.445. The lowest BCUT2D eigenvalue weighted by Gasteiger charge is -2.15. The summed E-state index contributed by atoms with van der Waals surface area (Å²) in [5.41, 5.74) is 3.41. The third-order valence-electron chi connectivity index (χ3n) is 4.21. The number of hydrogen-bond donors (Lipinski definition) is 0. The molecule has 0 amide bonds. The highest BCUT2D eigenvalue weighted by atomic mass is 127. The van der Waals surface area contributed by atoms with Crippen LogP contribution in [0.25, 0.3) is 11.6 Å². The average Bonchev–Trinajstić information content (AvgIpc) is 2.73. The van der Waals surface area contributed by atoms with E-state index in [1.807, 2.05) is 73.7 Å². The predicted octanol–water partition coefficient (Wildman–Crippen LogP) is 7.86. The average molecular weight is 639 g/mol. The molecule has 0 atom stereocenters. The summed E-state index contributed by atoms with van der Waals surface area (Å²) >= 11 is 9.12. The first-order valence-electron chi connectivity index (χ1n) is 9.21. The molecule has 0 unspecified atom stereocenters. The molecule has 0 radical (unpaired) electrons. The van der Waals surface area contributed by atoms with Crippen molar-refractivity contribution in [3.05, 3.63) is 89.9 Å². The number of nitrogens with zero attached hydrogens (tertiary/aromatic N) is 1. The SMILES string of the molecule is CCOc1cc(/C=C(/C#N)c2ccc(Br)cc2)cc(I)c1OCc1ccc(Br)cc1. The molecule has 0 spiro atoms. The van der Waals surface area contributed by atoms with Gasteiger partial charge in [0.2, 0.25) is 0 Å². The van der Waals surface area contributed by atoms with Gasteiger partial charge in [0.1, 0.15) is 6.61 Å². The van der Waals surface area contributed by atoms with E-state index < -0.39 is 0 Å². The zero-order valence-corrected chi connectivity index (χ0v) is 21.5. The van der Waals surface area contributed by atoms with Gasteiger partial charge in [0.15, 0.2) is 11.5 Å². The predicted molar refractivity (Wildman–Crippen MR) is 136 cm³/mol. The Balaban J connectivity index is 1.90. The molecule has 6 heteroatoms. The van der Waals surface area contributed by atoms with Gasteiger partial charge in [-0.05, 0) is 88.7 Å². The number of benzene rings is 3. The van der Waals surface area contributed by atoms with E-state index >= 15 is 0 Å². The highest BCUT2D eigenvalue weighted by Gasteiger charge is 2.13. The maximum Gasteiger partial charge on any atom is 0.175 e. The molecule has 0 aliphatic carbocycles. The molecule has 3 nitrogen and oxygen atoms in total. The van der Waals surface area contributed by atoms with Crippen LogP contribution < -0.4 is 9.47 Å². The maximum absolute atomic E-state index is 9.65. The minimum atomic E-state index is 0.445. The standard InChI is InChI=1S/C24H18Br2INO2/c1-2-29-23-13-17(11-19(14-28)18-5-9-21(26)10-6-18)12-22(27)24(23)30-15-16-3-7-20(25)8-4-16/h3-13H,2,15H2,1H3/b19-11-. The van der Waals surface area contributed by atoms with Gasteiger partial charge in [0, 0.05) is 8.95 Å². The quantitative estimate of drug-likeness (QED) is 0.150. The third-order valence-corrected chi connectivity index (χ3v) is 6.07. The zero-order chi connectivity index (χ0) is 21.5. The van der Waals surface area contributed by atoms with Gasteiger partial charge in [0.05, 0.1) is 21.8 Å². The molecule has 0 N–H and O–H groups in total. The maximum atomic E-state index is 9.65. The van der Waals surface area contributed by atoms with Gasteiger partial charge >= 0.3 is 0 Å². The molecule has 0 aromatic heterocycles. The lowest BCUT2D eigenvalue weighted by Crippen LogP contribution is -2.02. The largest absolute Gasteiger partial charge is 0.490 e. The third kappa shape index (κ3) is 6.10. The molecule has 3 rings (SSSR count). The molecule has 0 bridgehead atoms. The Morgan fingerprint density at radius 2 is 1.63 bits per heavy atom. The fourth-order valence-electron chi connectivity index (χ4n) is 2.79. The smallest absolute Gasteiger partial charge is 0.175 e. The highest BCUT2D eigenvalue weighted by Crippen LogP contribution is 2.36. The van der Waals surface area contributed by atoms with Crippen molar-refractivity contribution in [3.8, 4) is 17.6 Å².